The smallest absolute Gasteiger partial charge is 0.355 e. The van der Waals surface area contributed by atoms with E-state index in [0.29, 0.717) is 19.5 Å². The molecular weight excluding hydrogens is 287 g/mol. The molecule has 1 fully saturated rings. The number of alkyl halides is 3. The van der Waals surface area contributed by atoms with Gasteiger partial charge >= 0.3 is 6.18 Å². The molecule has 0 aromatic rings. The van der Waals surface area contributed by atoms with E-state index in [2.05, 4.69) is 5.32 Å². The first-order valence-corrected chi connectivity index (χ1v) is 5.71. The second-order valence-corrected chi connectivity index (χ2v) is 4.17. The number of rotatable bonds is 4. The molecular formula is C10H17ClF3N3O2. The third-order valence-electron chi connectivity index (χ3n) is 2.77. The number of nitrogens with one attached hydrogen (secondary N) is 2. The van der Waals surface area contributed by atoms with Crippen molar-refractivity contribution in [2.24, 2.45) is 11.7 Å². The molecule has 2 atom stereocenters. The van der Waals surface area contributed by atoms with Crippen LogP contribution in [0.25, 0.3) is 0 Å². The lowest BCUT2D eigenvalue weighted by Gasteiger charge is -2.29. The number of halogens is 4. The average Bonchev–Trinajstić information content (AvgIpc) is 2.27. The van der Waals surface area contributed by atoms with Crippen LogP contribution in [0.15, 0.2) is 0 Å². The van der Waals surface area contributed by atoms with Gasteiger partial charge < -0.3 is 16.4 Å². The van der Waals surface area contributed by atoms with Gasteiger partial charge in [-0.15, -0.1) is 12.4 Å². The highest BCUT2D eigenvalue weighted by Crippen LogP contribution is 2.28. The fourth-order valence-electron chi connectivity index (χ4n) is 1.74. The van der Waals surface area contributed by atoms with Crippen molar-refractivity contribution < 1.29 is 22.8 Å². The highest BCUT2D eigenvalue weighted by atomic mass is 35.5. The summed E-state index contributed by atoms with van der Waals surface area (Å²) in [7, 11) is 0. The zero-order chi connectivity index (χ0) is 13.8. The number of nitrogens with two attached hydrogens (primary N) is 1. The van der Waals surface area contributed by atoms with Gasteiger partial charge in [0, 0.05) is 6.54 Å². The first-order chi connectivity index (χ1) is 8.36. The molecule has 0 spiro atoms. The maximum absolute atomic E-state index is 12.4. The number of piperidine rings is 1. The zero-order valence-corrected chi connectivity index (χ0v) is 10.9. The van der Waals surface area contributed by atoms with E-state index in [-0.39, 0.29) is 25.2 Å². The van der Waals surface area contributed by atoms with Gasteiger partial charge in [-0.2, -0.15) is 13.2 Å². The third kappa shape index (κ3) is 5.23. The van der Waals surface area contributed by atoms with E-state index in [1.165, 1.54) is 0 Å². The van der Waals surface area contributed by atoms with Gasteiger partial charge in [-0.3, -0.25) is 9.59 Å². The van der Waals surface area contributed by atoms with Gasteiger partial charge in [-0.25, -0.2) is 0 Å². The SMILES string of the molecule is Cl.NCCCNC(=O)C1CCC(C(F)(F)F)NC1=O. The Hall–Kier alpha value is -1.02. The molecule has 0 saturated carbocycles. The Morgan fingerprint density at radius 1 is 1.42 bits per heavy atom. The van der Waals surface area contributed by atoms with E-state index in [1.54, 1.807) is 0 Å². The quantitative estimate of drug-likeness (QED) is 0.517. The maximum Gasteiger partial charge on any atom is 0.408 e. The van der Waals surface area contributed by atoms with Crippen LogP contribution < -0.4 is 16.4 Å². The molecule has 112 valence electrons. The largest absolute Gasteiger partial charge is 0.408 e. The monoisotopic (exact) mass is 303 g/mol. The molecule has 4 N–H and O–H groups in total. The summed E-state index contributed by atoms with van der Waals surface area (Å²) in [5.74, 6) is -2.45. The van der Waals surface area contributed by atoms with Gasteiger partial charge in [0.1, 0.15) is 12.0 Å². The van der Waals surface area contributed by atoms with Crippen LogP contribution in [0.5, 0.6) is 0 Å². The molecule has 0 radical (unpaired) electrons. The van der Waals surface area contributed by atoms with Crippen LogP contribution in [0.4, 0.5) is 13.2 Å². The molecule has 5 nitrogen and oxygen atoms in total. The van der Waals surface area contributed by atoms with E-state index in [0.717, 1.165) is 0 Å². The molecule has 2 unspecified atom stereocenters. The molecule has 9 heteroatoms. The van der Waals surface area contributed by atoms with E-state index < -0.39 is 30.0 Å². The lowest BCUT2D eigenvalue weighted by Crippen LogP contribution is -2.54. The highest BCUT2D eigenvalue weighted by Gasteiger charge is 2.45. The fraction of sp³-hybridized carbons (Fsp3) is 0.800. The fourth-order valence-corrected chi connectivity index (χ4v) is 1.74. The Labute approximate surface area is 114 Å². The lowest BCUT2D eigenvalue weighted by molar-refractivity contribution is -0.171. The molecule has 1 rings (SSSR count). The van der Waals surface area contributed by atoms with Crippen molar-refractivity contribution in [3.05, 3.63) is 0 Å². The second-order valence-electron chi connectivity index (χ2n) is 4.17. The summed E-state index contributed by atoms with van der Waals surface area (Å²) >= 11 is 0. The molecule has 19 heavy (non-hydrogen) atoms. The number of hydrogen-bond donors (Lipinski definition) is 3. The minimum atomic E-state index is -4.46. The van der Waals surface area contributed by atoms with Crippen molar-refractivity contribution in [1.82, 2.24) is 10.6 Å². The summed E-state index contributed by atoms with van der Waals surface area (Å²) in [5, 5.41) is 4.30. The maximum atomic E-state index is 12.4. The molecule has 1 saturated heterocycles. The molecule has 1 aliphatic rings. The molecule has 1 aliphatic heterocycles. The first-order valence-electron chi connectivity index (χ1n) is 5.71. The van der Waals surface area contributed by atoms with Gasteiger partial charge in [0.15, 0.2) is 0 Å². The number of carbonyl (C=O) groups excluding carboxylic acids is 2. The van der Waals surface area contributed by atoms with Crippen LogP contribution >= 0.6 is 12.4 Å². The van der Waals surface area contributed by atoms with E-state index in [9.17, 15) is 22.8 Å². The second kappa shape index (κ2) is 7.54. The number of carbonyl (C=O) groups is 2. The summed E-state index contributed by atoms with van der Waals surface area (Å²) in [6, 6.07) is -1.85. The third-order valence-corrected chi connectivity index (χ3v) is 2.77. The van der Waals surface area contributed by atoms with Gasteiger partial charge in [0.2, 0.25) is 11.8 Å². The Bertz CT molecular complexity index is 326. The van der Waals surface area contributed by atoms with Crippen molar-refractivity contribution in [2.75, 3.05) is 13.1 Å². The van der Waals surface area contributed by atoms with Gasteiger partial charge in [-0.1, -0.05) is 0 Å². The Morgan fingerprint density at radius 2 is 2.05 bits per heavy atom. The van der Waals surface area contributed by atoms with Crippen molar-refractivity contribution in [1.29, 1.82) is 0 Å². The molecule has 0 aromatic carbocycles. The summed E-state index contributed by atoms with van der Waals surface area (Å²) < 4.78 is 37.1. The first kappa shape index (κ1) is 18.0. The summed E-state index contributed by atoms with van der Waals surface area (Å²) in [5.41, 5.74) is 5.23. The van der Waals surface area contributed by atoms with Crippen molar-refractivity contribution >= 4 is 24.2 Å². The predicted molar refractivity (Wildman–Crippen MR) is 64.6 cm³/mol. The van der Waals surface area contributed by atoms with Gasteiger partial charge in [0.25, 0.3) is 0 Å². The van der Waals surface area contributed by atoms with Crippen molar-refractivity contribution in [2.45, 2.75) is 31.5 Å². The van der Waals surface area contributed by atoms with Gasteiger partial charge in [0.05, 0.1) is 0 Å². The van der Waals surface area contributed by atoms with Crippen LogP contribution in [-0.2, 0) is 9.59 Å². The summed E-state index contributed by atoms with van der Waals surface area (Å²) in [4.78, 5) is 23.0. The number of amides is 2. The van der Waals surface area contributed by atoms with Crippen LogP contribution in [-0.4, -0.2) is 37.1 Å². The summed E-state index contributed by atoms with van der Waals surface area (Å²) in [6.07, 6.45) is -4.27. The van der Waals surface area contributed by atoms with Crippen molar-refractivity contribution in [3.8, 4) is 0 Å². The minimum absolute atomic E-state index is 0. The Kier molecular flexibility index (Phi) is 7.14. The minimum Gasteiger partial charge on any atom is -0.355 e. The predicted octanol–water partition coefficient (Wildman–Crippen LogP) is 0.330. The standard InChI is InChI=1S/C10H16F3N3O2.ClH/c11-10(12,13)7-3-2-6(9(18)16-7)8(17)15-5-1-4-14;/h6-7H,1-5,14H2,(H,15,17)(H,16,18);1H. The molecule has 0 aliphatic carbocycles. The molecule has 1 heterocycles. The van der Waals surface area contributed by atoms with Crippen LogP contribution in [0.1, 0.15) is 19.3 Å². The molecule has 0 bridgehead atoms. The zero-order valence-electron chi connectivity index (χ0n) is 10.1. The van der Waals surface area contributed by atoms with Crippen LogP contribution in [0, 0.1) is 5.92 Å². The molecule has 0 aromatic heterocycles. The topological polar surface area (TPSA) is 84.2 Å². The van der Waals surface area contributed by atoms with Gasteiger partial charge in [-0.05, 0) is 25.8 Å². The van der Waals surface area contributed by atoms with Crippen LogP contribution in [0.2, 0.25) is 0 Å². The van der Waals surface area contributed by atoms with E-state index in [1.807, 2.05) is 5.32 Å². The van der Waals surface area contributed by atoms with Crippen molar-refractivity contribution in [3.63, 3.8) is 0 Å². The molecule has 2 amide bonds. The Balaban J connectivity index is 0.00000324. The summed E-state index contributed by atoms with van der Waals surface area (Å²) in [6.45, 7) is 0.717. The lowest BCUT2D eigenvalue weighted by atomic mass is 9.93. The normalized spacial score (nSPS) is 23.3. The number of hydrogen-bond acceptors (Lipinski definition) is 3. The van der Waals surface area contributed by atoms with Crippen LogP contribution in [0.3, 0.4) is 0 Å². The Morgan fingerprint density at radius 3 is 2.53 bits per heavy atom. The van der Waals surface area contributed by atoms with E-state index >= 15 is 0 Å². The average molecular weight is 304 g/mol. The van der Waals surface area contributed by atoms with E-state index in [4.69, 9.17) is 5.73 Å². The highest BCUT2D eigenvalue weighted by molar-refractivity contribution is 6.00.